The Morgan fingerprint density at radius 3 is 2.88 bits per heavy atom. The topological polar surface area (TPSA) is 42.4 Å². The predicted molar refractivity (Wildman–Crippen MR) is 89.6 cm³/mol. The molecule has 126 valence electrons. The van der Waals surface area contributed by atoms with E-state index in [9.17, 15) is 9.18 Å². The van der Waals surface area contributed by atoms with Gasteiger partial charge in [-0.1, -0.05) is 23.7 Å². The number of carbonyl (C=O) groups excluding carboxylic acids is 1. The summed E-state index contributed by atoms with van der Waals surface area (Å²) in [6, 6.07) is 7.75. The molecule has 1 aromatic carbocycles. The number of hydrogen-bond donors (Lipinski definition) is 0. The largest absolute Gasteiger partial charge is 0.487 e. The maximum absolute atomic E-state index is 12.9. The van der Waals surface area contributed by atoms with Gasteiger partial charge in [0.05, 0.1) is 13.0 Å². The van der Waals surface area contributed by atoms with Gasteiger partial charge in [-0.3, -0.25) is 9.78 Å². The summed E-state index contributed by atoms with van der Waals surface area (Å²) >= 11 is 6.06. The third kappa shape index (κ3) is 4.23. The van der Waals surface area contributed by atoms with Gasteiger partial charge in [0, 0.05) is 25.0 Å². The highest BCUT2D eigenvalue weighted by atomic mass is 35.5. The molecule has 1 unspecified atom stereocenters. The van der Waals surface area contributed by atoms with Crippen LogP contribution in [-0.2, 0) is 11.2 Å². The molecule has 0 N–H and O–H groups in total. The smallest absolute Gasteiger partial charge is 0.227 e. The van der Waals surface area contributed by atoms with E-state index in [0.717, 1.165) is 18.4 Å². The summed E-state index contributed by atoms with van der Waals surface area (Å²) < 4.78 is 18.9. The number of hydrogen-bond acceptors (Lipinski definition) is 3. The molecule has 0 radical (unpaired) electrons. The number of ether oxygens (including phenoxy) is 1. The Labute approximate surface area is 145 Å². The number of piperidine rings is 1. The number of rotatable bonds is 4. The van der Waals surface area contributed by atoms with Crippen LogP contribution in [0, 0.1) is 5.82 Å². The maximum atomic E-state index is 12.9. The zero-order valence-electron chi connectivity index (χ0n) is 13.1. The minimum atomic E-state index is -0.299. The molecule has 1 fully saturated rings. The second-order valence-electron chi connectivity index (χ2n) is 5.83. The van der Waals surface area contributed by atoms with E-state index in [-0.39, 0.29) is 24.2 Å². The van der Waals surface area contributed by atoms with Crippen LogP contribution >= 0.6 is 11.6 Å². The van der Waals surface area contributed by atoms with Crippen molar-refractivity contribution in [2.24, 2.45) is 0 Å². The molecule has 0 spiro atoms. The van der Waals surface area contributed by atoms with Crippen LogP contribution < -0.4 is 4.74 Å². The number of halogens is 2. The molecule has 2 aromatic rings. The Bertz CT molecular complexity index is 708. The molecule has 0 bridgehead atoms. The van der Waals surface area contributed by atoms with Gasteiger partial charge in [-0.15, -0.1) is 0 Å². The highest BCUT2D eigenvalue weighted by molar-refractivity contribution is 6.31. The summed E-state index contributed by atoms with van der Waals surface area (Å²) in [5.74, 6) is 0.312. The Balaban J connectivity index is 1.59. The lowest BCUT2D eigenvalue weighted by molar-refractivity contribution is -0.133. The molecular formula is C18H18ClFN2O2. The number of likely N-dealkylation sites (tertiary alicyclic amines) is 1. The van der Waals surface area contributed by atoms with Crippen LogP contribution in [0.2, 0.25) is 5.02 Å². The van der Waals surface area contributed by atoms with Crippen molar-refractivity contribution >= 4 is 17.5 Å². The fraction of sp³-hybridized carbons (Fsp3) is 0.333. The van der Waals surface area contributed by atoms with Crippen molar-refractivity contribution in [3.05, 3.63) is 59.1 Å². The van der Waals surface area contributed by atoms with E-state index in [1.165, 1.54) is 18.3 Å². The molecule has 24 heavy (non-hydrogen) atoms. The zero-order chi connectivity index (χ0) is 16.9. The lowest BCUT2D eigenvalue weighted by Gasteiger charge is -2.33. The van der Waals surface area contributed by atoms with Gasteiger partial charge in [-0.25, -0.2) is 4.39 Å². The normalized spacial score (nSPS) is 17.6. The fourth-order valence-corrected chi connectivity index (χ4v) is 2.95. The zero-order valence-corrected chi connectivity index (χ0v) is 13.9. The van der Waals surface area contributed by atoms with Crippen LogP contribution in [-0.4, -0.2) is 35.0 Å². The summed E-state index contributed by atoms with van der Waals surface area (Å²) in [5.41, 5.74) is 0.807. The van der Waals surface area contributed by atoms with Gasteiger partial charge < -0.3 is 9.64 Å². The monoisotopic (exact) mass is 348 g/mol. The summed E-state index contributed by atoms with van der Waals surface area (Å²) in [4.78, 5) is 18.2. The fourth-order valence-electron chi connectivity index (χ4n) is 2.79. The van der Waals surface area contributed by atoms with E-state index in [0.29, 0.717) is 23.9 Å². The van der Waals surface area contributed by atoms with Crippen molar-refractivity contribution in [2.45, 2.75) is 25.4 Å². The van der Waals surface area contributed by atoms with Crippen LogP contribution in [0.3, 0.4) is 0 Å². The molecule has 2 heterocycles. The lowest BCUT2D eigenvalue weighted by Crippen LogP contribution is -2.45. The summed E-state index contributed by atoms with van der Waals surface area (Å²) in [6.07, 6.45) is 5.10. The Morgan fingerprint density at radius 2 is 2.12 bits per heavy atom. The van der Waals surface area contributed by atoms with E-state index < -0.39 is 0 Å². The standard InChI is InChI=1S/C18H18ClFN2O2/c19-16-11-21-8-7-17(16)24-15-2-1-9-22(12-15)18(23)10-13-3-5-14(20)6-4-13/h3-8,11,15H,1-2,9-10,12H2. The van der Waals surface area contributed by atoms with E-state index in [1.54, 1.807) is 29.3 Å². The Hall–Kier alpha value is -2.14. The Kier molecular flexibility index (Phi) is 5.30. The molecule has 0 aliphatic carbocycles. The van der Waals surface area contributed by atoms with Crippen LogP contribution in [0.5, 0.6) is 5.75 Å². The minimum absolute atomic E-state index is 0.0238. The molecular weight excluding hydrogens is 331 g/mol. The number of aromatic nitrogens is 1. The molecule has 1 amide bonds. The van der Waals surface area contributed by atoms with Gasteiger partial charge in [-0.2, -0.15) is 0 Å². The SMILES string of the molecule is O=C(Cc1ccc(F)cc1)N1CCCC(Oc2ccncc2Cl)C1. The van der Waals surface area contributed by atoms with E-state index >= 15 is 0 Å². The second-order valence-corrected chi connectivity index (χ2v) is 6.24. The van der Waals surface area contributed by atoms with E-state index in [1.807, 2.05) is 0 Å². The van der Waals surface area contributed by atoms with Crippen molar-refractivity contribution in [1.29, 1.82) is 0 Å². The molecule has 4 nitrogen and oxygen atoms in total. The minimum Gasteiger partial charge on any atom is -0.487 e. The van der Waals surface area contributed by atoms with Crippen LogP contribution in [0.15, 0.2) is 42.7 Å². The van der Waals surface area contributed by atoms with E-state index in [2.05, 4.69) is 4.98 Å². The molecule has 0 saturated carbocycles. The molecule has 6 heteroatoms. The average Bonchev–Trinajstić information content (AvgIpc) is 2.59. The first-order valence-electron chi connectivity index (χ1n) is 7.90. The molecule has 1 saturated heterocycles. The first-order chi connectivity index (χ1) is 11.6. The maximum Gasteiger partial charge on any atom is 0.227 e. The van der Waals surface area contributed by atoms with Crippen molar-refractivity contribution in [3.8, 4) is 5.75 Å². The van der Waals surface area contributed by atoms with Gasteiger partial charge in [-0.05, 0) is 30.5 Å². The van der Waals surface area contributed by atoms with Crippen LogP contribution in [0.4, 0.5) is 4.39 Å². The third-order valence-electron chi connectivity index (χ3n) is 4.03. The van der Waals surface area contributed by atoms with Crippen molar-refractivity contribution in [1.82, 2.24) is 9.88 Å². The second kappa shape index (κ2) is 7.62. The highest BCUT2D eigenvalue weighted by Gasteiger charge is 2.25. The summed E-state index contributed by atoms with van der Waals surface area (Å²) in [7, 11) is 0. The van der Waals surface area contributed by atoms with Gasteiger partial charge in [0.1, 0.15) is 22.7 Å². The van der Waals surface area contributed by atoms with Gasteiger partial charge >= 0.3 is 0 Å². The van der Waals surface area contributed by atoms with Crippen molar-refractivity contribution in [3.63, 3.8) is 0 Å². The van der Waals surface area contributed by atoms with Gasteiger partial charge in [0.25, 0.3) is 0 Å². The molecule has 1 aliphatic heterocycles. The molecule has 1 atom stereocenters. The van der Waals surface area contributed by atoms with Crippen molar-refractivity contribution in [2.75, 3.05) is 13.1 Å². The number of carbonyl (C=O) groups is 1. The average molecular weight is 349 g/mol. The summed E-state index contributed by atoms with van der Waals surface area (Å²) in [6.45, 7) is 1.24. The number of nitrogens with zero attached hydrogens (tertiary/aromatic N) is 2. The number of benzene rings is 1. The van der Waals surface area contributed by atoms with Crippen LogP contribution in [0.1, 0.15) is 18.4 Å². The first-order valence-corrected chi connectivity index (χ1v) is 8.28. The highest BCUT2D eigenvalue weighted by Crippen LogP contribution is 2.25. The van der Waals surface area contributed by atoms with E-state index in [4.69, 9.17) is 16.3 Å². The molecule has 1 aliphatic rings. The first kappa shape index (κ1) is 16.7. The quantitative estimate of drug-likeness (QED) is 0.849. The van der Waals surface area contributed by atoms with Crippen molar-refractivity contribution < 1.29 is 13.9 Å². The molecule has 1 aromatic heterocycles. The summed E-state index contributed by atoms with van der Waals surface area (Å²) in [5, 5.41) is 0.465. The molecule has 3 rings (SSSR count). The number of amides is 1. The number of pyridine rings is 1. The lowest BCUT2D eigenvalue weighted by atomic mass is 10.1. The van der Waals surface area contributed by atoms with Gasteiger partial charge in [0.15, 0.2) is 0 Å². The Morgan fingerprint density at radius 1 is 1.33 bits per heavy atom. The van der Waals surface area contributed by atoms with Gasteiger partial charge in [0.2, 0.25) is 5.91 Å². The van der Waals surface area contributed by atoms with Crippen LogP contribution in [0.25, 0.3) is 0 Å². The predicted octanol–water partition coefficient (Wildman–Crippen LogP) is 3.49. The third-order valence-corrected chi connectivity index (χ3v) is 4.31.